The molecular formula is C21H23IN2O3S. The number of benzene rings is 2. The maximum Gasteiger partial charge on any atom is 0.264 e. The van der Waals surface area contributed by atoms with Crippen LogP contribution in [0.3, 0.4) is 0 Å². The van der Waals surface area contributed by atoms with E-state index < -0.39 is 10.0 Å². The third-order valence-electron chi connectivity index (χ3n) is 5.82. The van der Waals surface area contributed by atoms with E-state index >= 15 is 0 Å². The first-order valence-electron chi connectivity index (χ1n) is 9.56. The molecule has 0 aliphatic heterocycles. The Hall–Kier alpha value is -1.61. The fourth-order valence-corrected chi connectivity index (χ4v) is 6.25. The molecule has 0 spiro atoms. The Balaban J connectivity index is 1.58. The maximum absolute atomic E-state index is 13.3. The van der Waals surface area contributed by atoms with Crippen LogP contribution in [0.5, 0.6) is 0 Å². The number of carbonyl (C=O) groups excluding carboxylic acids is 1. The number of fused-ring (bicyclic) bond motifs is 2. The number of carbonyl (C=O) groups is 1. The average Bonchev–Trinajstić information content (AvgIpc) is 3.31. The molecule has 1 amide bonds. The smallest absolute Gasteiger partial charge is 0.264 e. The first-order valence-corrected chi connectivity index (χ1v) is 12.1. The number of halogens is 1. The van der Waals surface area contributed by atoms with Gasteiger partial charge in [-0.15, -0.1) is 0 Å². The van der Waals surface area contributed by atoms with Gasteiger partial charge in [-0.05, 0) is 90.1 Å². The van der Waals surface area contributed by atoms with Crippen LogP contribution in [0, 0.1) is 15.4 Å². The van der Waals surface area contributed by atoms with Crippen molar-refractivity contribution in [2.75, 3.05) is 10.8 Å². The summed E-state index contributed by atoms with van der Waals surface area (Å²) >= 11 is 2.17. The van der Waals surface area contributed by atoms with Crippen molar-refractivity contribution in [2.45, 2.75) is 36.6 Å². The van der Waals surface area contributed by atoms with Crippen LogP contribution in [0.15, 0.2) is 59.5 Å². The molecule has 5 nitrogen and oxygen atoms in total. The minimum absolute atomic E-state index is 0.182. The molecule has 148 valence electrons. The van der Waals surface area contributed by atoms with Gasteiger partial charge in [0.15, 0.2) is 0 Å². The summed E-state index contributed by atoms with van der Waals surface area (Å²) in [5.74, 6) is 1.03. The molecule has 3 atom stereocenters. The highest BCUT2D eigenvalue weighted by atomic mass is 127. The Kier molecular flexibility index (Phi) is 5.64. The molecular weight excluding hydrogens is 487 g/mol. The minimum Gasteiger partial charge on any atom is -0.352 e. The molecule has 0 aromatic heterocycles. The van der Waals surface area contributed by atoms with Gasteiger partial charge in [0.1, 0.15) is 6.54 Å². The van der Waals surface area contributed by atoms with Gasteiger partial charge < -0.3 is 5.32 Å². The summed E-state index contributed by atoms with van der Waals surface area (Å²) in [6.07, 6.45) is 4.63. The van der Waals surface area contributed by atoms with Crippen LogP contribution < -0.4 is 9.62 Å². The van der Waals surface area contributed by atoms with Crippen molar-refractivity contribution in [1.29, 1.82) is 0 Å². The van der Waals surface area contributed by atoms with Crippen molar-refractivity contribution in [3.8, 4) is 0 Å². The van der Waals surface area contributed by atoms with Crippen LogP contribution in [-0.4, -0.2) is 26.9 Å². The maximum atomic E-state index is 13.3. The normalized spacial score (nSPS) is 23.5. The minimum atomic E-state index is -3.84. The van der Waals surface area contributed by atoms with Crippen LogP contribution in [0.1, 0.15) is 25.7 Å². The fourth-order valence-electron chi connectivity index (χ4n) is 4.45. The van der Waals surface area contributed by atoms with E-state index in [-0.39, 0.29) is 23.4 Å². The van der Waals surface area contributed by atoms with Gasteiger partial charge in [0.25, 0.3) is 10.0 Å². The third kappa shape index (κ3) is 4.05. The summed E-state index contributed by atoms with van der Waals surface area (Å²) in [5.41, 5.74) is 0.493. The van der Waals surface area contributed by atoms with Crippen molar-refractivity contribution in [2.24, 2.45) is 11.8 Å². The first-order chi connectivity index (χ1) is 13.4. The molecule has 2 fully saturated rings. The van der Waals surface area contributed by atoms with E-state index in [0.717, 1.165) is 15.9 Å². The standard InChI is InChI=1S/C21H23IN2O3S/c22-17-8-10-18(11-9-17)24(28(26,27)19-4-2-1-3-5-19)14-21(25)23-20-13-15-6-7-16(20)12-15/h1-5,8-11,15-16,20H,6-7,12-14H2,(H,23,25)/t15-,16-,20+/m1/s1. The lowest BCUT2D eigenvalue weighted by molar-refractivity contribution is -0.120. The second-order valence-corrected chi connectivity index (χ2v) is 10.8. The highest BCUT2D eigenvalue weighted by molar-refractivity contribution is 14.1. The molecule has 7 heteroatoms. The Morgan fingerprint density at radius 3 is 2.36 bits per heavy atom. The van der Waals surface area contributed by atoms with Crippen molar-refractivity contribution < 1.29 is 13.2 Å². The van der Waals surface area contributed by atoms with Gasteiger partial charge in [0.05, 0.1) is 10.6 Å². The van der Waals surface area contributed by atoms with E-state index in [0.29, 0.717) is 11.6 Å². The molecule has 4 rings (SSSR count). The van der Waals surface area contributed by atoms with Crippen LogP contribution in [0.2, 0.25) is 0 Å². The van der Waals surface area contributed by atoms with Gasteiger partial charge in [0.2, 0.25) is 5.91 Å². The lowest BCUT2D eigenvalue weighted by Crippen LogP contribution is -2.46. The Bertz CT molecular complexity index is 947. The van der Waals surface area contributed by atoms with E-state index in [4.69, 9.17) is 0 Å². The Labute approximate surface area is 179 Å². The van der Waals surface area contributed by atoms with Crippen molar-refractivity contribution in [3.05, 3.63) is 58.2 Å². The van der Waals surface area contributed by atoms with Crippen molar-refractivity contribution in [1.82, 2.24) is 5.32 Å². The van der Waals surface area contributed by atoms with Gasteiger partial charge in [0, 0.05) is 9.61 Å². The second kappa shape index (κ2) is 8.02. The molecule has 0 heterocycles. The molecule has 2 saturated carbocycles. The number of anilines is 1. The molecule has 1 N–H and O–H groups in total. The van der Waals surface area contributed by atoms with E-state index in [1.165, 1.54) is 23.6 Å². The van der Waals surface area contributed by atoms with E-state index in [1.807, 2.05) is 12.1 Å². The van der Waals surface area contributed by atoms with Crippen LogP contribution in [0.4, 0.5) is 5.69 Å². The summed E-state index contributed by atoms with van der Waals surface area (Å²) in [6, 6.07) is 15.6. The zero-order valence-corrected chi connectivity index (χ0v) is 18.4. The van der Waals surface area contributed by atoms with Gasteiger partial charge in [-0.2, -0.15) is 0 Å². The molecule has 0 radical (unpaired) electrons. The number of nitrogens with one attached hydrogen (secondary N) is 1. The Morgan fingerprint density at radius 1 is 1.04 bits per heavy atom. The summed E-state index contributed by atoms with van der Waals surface area (Å²) in [7, 11) is -3.84. The summed E-state index contributed by atoms with van der Waals surface area (Å²) in [4.78, 5) is 13.0. The van der Waals surface area contributed by atoms with Crippen LogP contribution in [0.25, 0.3) is 0 Å². The van der Waals surface area contributed by atoms with E-state index in [2.05, 4.69) is 27.9 Å². The summed E-state index contributed by atoms with van der Waals surface area (Å²) in [5, 5.41) is 3.10. The summed E-state index contributed by atoms with van der Waals surface area (Å²) in [6.45, 7) is -0.217. The highest BCUT2D eigenvalue weighted by Gasteiger charge is 2.40. The van der Waals surface area contributed by atoms with Gasteiger partial charge in [-0.3, -0.25) is 9.10 Å². The number of rotatable bonds is 6. The Morgan fingerprint density at radius 2 is 1.75 bits per heavy atom. The number of sulfonamides is 1. The third-order valence-corrected chi connectivity index (χ3v) is 8.32. The van der Waals surface area contributed by atoms with Gasteiger partial charge >= 0.3 is 0 Å². The monoisotopic (exact) mass is 510 g/mol. The molecule has 2 bridgehead atoms. The molecule has 0 saturated heterocycles. The van der Waals surface area contributed by atoms with Crippen LogP contribution >= 0.6 is 22.6 Å². The zero-order chi connectivity index (χ0) is 19.7. The van der Waals surface area contributed by atoms with Crippen LogP contribution in [-0.2, 0) is 14.8 Å². The predicted octanol–water partition coefficient (Wildman–Crippen LogP) is 3.79. The molecule has 0 unspecified atom stereocenters. The van der Waals surface area contributed by atoms with E-state index in [1.54, 1.807) is 42.5 Å². The topological polar surface area (TPSA) is 66.5 Å². The number of hydrogen-bond donors (Lipinski definition) is 1. The predicted molar refractivity (Wildman–Crippen MR) is 118 cm³/mol. The highest BCUT2D eigenvalue weighted by Crippen LogP contribution is 2.44. The average molecular weight is 510 g/mol. The SMILES string of the molecule is O=C(CN(c1ccc(I)cc1)S(=O)(=O)c1ccccc1)N[C@H]1C[C@@H]2CC[C@@H]1C2. The molecule has 2 aromatic carbocycles. The molecule has 2 aliphatic rings. The largest absolute Gasteiger partial charge is 0.352 e. The lowest BCUT2D eigenvalue weighted by atomic mass is 9.95. The lowest BCUT2D eigenvalue weighted by Gasteiger charge is -2.27. The van der Waals surface area contributed by atoms with Crippen molar-refractivity contribution in [3.63, 3.8) is 0 Å². The molecule has 2 aromatic rings. The fraction of sp³-hybridized carbons (Fsp3) is 0.381. The van der Waals surface area contributed by atoms with Gasteiger partial charge in [-0.25, -0.2) is 8.42 Å². The number of amides is 1. The molecule has 28 heavy (non-hydrogen) atoms. The van der Waals surface area contributed by atoms with Gasteiger partial charge in [-0.1, -0.05) is 24.6 Å². The van der Waals surface area contributed by atoms with Crippen molar-refractivity contribution >= 4 is 44.2 Å². The van der Waals surface area contributed by atoms with E-state index in [9.17, 15) is 13.2 Å². The quantitative estimate of drug-likeness (QED) is 0.602. The number of nitrogens with zero attached hydrogens (tertiary/aromatic N) is 1. The second-order valence-electron chi connectivity index (χ2n) is 7.65. The first kappa shape index (κ1) is 19.7. The zero-order valence-electron chi connectivity index (χ0n) is 15.4. The molecule has 2 aliphatic carbocycles. The summed E-state index contributed by atoms with van der Waals surface area (Å²) < 4.78 is 28.7. The number of hydrogen-bond acceptors (Lipinski definition) is 3.